The first kappa shape index (κ1) is 27.9. The summed E-state index contributed by atoms with van der Waals surface area (Å²) in [7, 11) is -2.36. The minimum Gasteiger partial charge on any atom is -0.497 e. The highest BCUT2D eigenvalue weighted by atomic mass is 35.5. The first-order valence-corrected chi connectivity index (χ1v) is 14.3. The maximum atomic E-state index is 13.5. The van der Waals surface area contributed by atoms with Gasteiger partial charge >= 0.3 is 0 Å². The Bertz CT molecular complexity index is 1880. The molecule has 0 atom stereocenters. The van der Waals surface area contributed by atoms with Gasteiger partial charge in [0.05, 0.1) is 23.9 Å². The maximum Gasteiger partial charge on any atom is 0.263 e. The second-order valence-electron chi connectivity index (χ2n) is 9.27. The van der Waals surface area contributed by atoms with Crippen LogP contribution in [-0.2, 0) is 21.2 Å². The van der Waals surface area contributed by atoms with E-state index in [0.29, 0.717) is 49.9 Å². The number of nitrogens with zero attached hydrogens (tertiary/aromatic N) is 2. The van der Waals surface area contributed by atoms with Crippen LogP contribution in [0.5, 0.6) is 5.75 Å². The molecule has 3 aromatic carbocycles. The Kier molecular flexibility index (Phi) is 7.57. The zero-order valence-corrected chi connectivity index (χ0v) is 23.8. The highest BCUT2D eigenvalue weighted by molar-refractivity contribution is 7.92. The molecule has 0 bridgehead atoms. The number of carbonyl (C=O) groups is 2. The predicted octanol–water partition coefficient (Wildman–Crippen LogP) is 5.58. The number of hydrogen-bond acceptors (Lipinski definition) is 7. The van der Waals surface area contributed by atoms with Crippen LogP contribution in [0.4, 0.5) is 11.5 Å². The molecule has 0 saturated carbocycles. The fourth-order valence-corrected chi connectivity index (χ4v) is 5.60. The molecule has 2 heterocycles. The highest BCUT2D eigenvalue weighted by Crippen LogP contribution is 2.31. The van der Waals surface area contributed by atoms with Crippen molar-refractivity contribution in [3.05, 3.63) is 100 Å². The SMILES string of the molecule is COc1ccc2c(c1)c(CC(=O)Nc1ccc(S(=O)(=O)Nc3cc(C)on3)cc1)c(C)n2C(=O)c1ccc(Cl)cc1. The van der Waals surface area contributed by atoms with Crippen molar-refractivity contribution in [3.63, 3.8) is 0 Å². The lowest BCUT2D eigenvalue weighted by atomic mass is 10.1. The predicted molar refractivity (Wildman–Crippen MR) is 155 cm³/mol. The molecular weight excluding hydrogens is 568 g/mol. The van der Waals surface area contributed by atoms with Crippen molar-refractivity contribution in [3.8, 4) is 5.75 Å². The summed E-state index contributed by atoms with van der Waals surface area (Å²) in [4.78, 5) is 26.6. The Balaban J connectivity index is 1.39. The summed E-state index contributed by atoms with van der Waals surface area (Å²) >= 11 is 6.00. The summed E-state index contributed by atoms with van der Waals surface area (Å²) in [6.45, 7) is 3.43. The lowest BCUT2D eigenvalue weighted by molar-refractivity contribution is -0.115. The van der Waals surface area contributed by atoms with E-state index in [4.69, 9.17) is 20.9 Å². The minimum atomic E-state index is -3.90. The maximum absolute atomic E-state index is 13.5. The molecule has 0 unspecified atom stereocenters. The molecule has 5 rings (SSSR count). The van der Waals surface area contributed by atoms with Crippen molar-refractivity contribution in [2.45, 2.75) is 25.2 Å². The average molecular weight is 593 g/mol. The number of nitrogens with one attached hydrogen (secondary N) is 2. The summed E-state index contributed by atoms with van der Waals surface area (Å²) in [5.74, 6) is 0.516. The number of amides is 1. The van der Waals surface area contributed by atoms with Gasteiger partial charge in [0.2, 0.25) is 5.91 Å². The van der Waals surface area contributed by atoms with E-state index < -0.39 is 10.0 Å². The summed E-state index contributed by atoms with van der Waals surface area (Å²) in [5.41, 5.74) is 2.76. The Morgan fingerprint density at radius 2 is 1.71 bits per heavy atom. The molecule has 5 aromatic rings. The monoisotopic (exact) mass is 592 g/mol. The van der Waals surface area contributed by atoms with Gasteiger partial charge in [-0.3, -0.25) is 18.9 Å². The molecule has 0 spiro atoms. The van der Waals surface area contributed by atoms with Crippen LogP contribution in [-0.4, -0.2) is 37.1 Å². The zero-order valence-electron chi connectivity index (χ0n) is 22.3. The number of carbonyl (C=O) groups excluding carboxylic acids is 2. The number of fused-ring (bicyclic) bond motifs is 1. The summed E-state index contributed by atoms with van der Waals surface area (Å²) in [6.07, 6.45) is -0.0382. The van der Waals surface area contributed by atoms with Crippen LogP contribution in [0.25, 0.3) is 10.9 Å². The van der Waals surface area contributed by atoms with Gasteiger partial charge in [0.15, 0.2) is 5.82 Å². The molecule has 10 nitrogen and oxygen atoms in total. The third-order valence-corrected chi connectivity index (χ3v) is 8.11. The topological polar surface area (TPSA) is 133 Å². The van der Waals surface area contributed by atoms with E-state index in [0.717, 1.165) is 0 Å². The van der Waals surface area contributed by atoms with Crippen LogP contribution in [0.1, 0.15) is 27.4 Å². The van der Waals surface area contributed by atoms with E-state index in [2.05, 4.69) is 15.2 Å². The van der Waals surface area contributed by atoms with Gasteiger partial charge in [-0.1, -0.05) is 16.8 Å². The molecule has 41 heavy (non-hydrogen) atoms. The van der Waals surface area contributed by atoms with Gasteiger partial charge in [0.1, 0.15) is 11.5 Å². The molecule has 0 radical (unpaired) electrons. The van der Waals surface area contributed by atoms with Crippen LogP contribution in [0.2, 0.25) is 5.02 Å². The van der Waals surface area contributed by atoms with Crippen molar-refractivity contribution in [1.29, 1.82) is 0 Å². The first-order valence-electron chi connectivity index (χ1n) is 12.4. The summed E-state index contributed by atoms with van der Waals surface area (Å²) in [5, 5.41) is 7.66. The number of rotatable bonds is 8. The first-order chi connectivity index (χ1) is 19.6. The smallest absolute Gasteiger partial charge is 0.263 e. The van der Waals surface area contributed by atoms with Gasteiger partial charge in [-0.05, 0) is 86.1 Å². The van der Waals surface area contributed by atoms with Gasteiger partial charge in [-0.2, -0.15) is 0 Å². The molecule has 0 saturated heterocycles. The average Bonchev–Trinajstić information content (AvgIpc) is 3.47. The molecular formula is C29H25ClN4O6S. The Morgan fingerprint density at radius 1 is 1.00 bits per heavy atom. The number of sulfonamides is 1. The normalized spacial score (nSPS) is 11.4. The van der Waals surface area contributed by atoms with E-state index in [1.807, 2.05) is 0 Å². The number of aryl methyl sites for hydroxylation is 1. The van der Waals surface area contributed by atoms with Gasteiger partial charge in [0, 0.05) is 33.4 Å². The Hall–Kier alpha value is -4.61. The van der Waals surface area contributed by atoms with Gasteiger partial charge in [-0.15, -0.1) is 0 Å². The van der Waals surface area contributed by atoms with Crippen LogP contribution < -0.4 is 14.8 Å². The second kappa shape index (κ2) is 11.1. The molecule has 0 fully saturated rings. The van der Waals surface area contributed by atoms with E-state index in [-0.39, 0.29) is 28.9 Å². The van der Waals surface area contributed by atoms with E-state index in [1.54, 1.807) is 68.0 Å². The van der Waals surface area contributed by atoms with Crippen molar-refractivity contribution in [2.75, 3.05) is 17.1 Å². The van der Waals surface area contributed by atoms with Crippen LogP contribution >= 0.6 is 11.6 Å². The molecule has 2 N–H and O–H groups in total. The second-order valence-corrected chi connectivity index (χ2v) is 11.4. The number of methoxy groups -OCH3 is 1. The molecule has 12 heteroatoms. The number of benzene rings is 3. The lowest BCUT2D eigenvalue weighted by Crippen LogP contribution is -2.17. The molecule has 1 amide bonds. The van der Waals surface area contributed by atoms with Gasteiger partial charge < -0.3 is 14.6 Å². The van der Waals surface area contributed by atoms with E-state index in [1.165, 1.54) is 30.3 Å². The molecule has 210 valence electrons. The number of anilines is 2. The zero-order chi connectivity index (χ0) is 29.3. The third-order valence-electron chi connectivity index (χ3n) is 6.49. The summed E-state index contributed by atoms with van der Waals surface area (Å²) < 4.78 is 39.5. The number of aromatic nitrogens is 2. The molecule has 0 aliphatic rings. The van der Waals surface area contributed by atoms with Gasteiger partial charge in [-0.25, -0.2) is 8.42 Å². The number of halogens is 1. The molecule has 0 aliphatic heterocycles. The third kappa shape index (κ3) is 5.81. The largest absolute Gasteiger partial charge is 0.497 e. The van der Waals surface area contributed by atoms with Crippen molar-refractivity contribution in [2.24, 2.45) is 0 Å². The number of hydrogen-bond donors (Lipinski definition) is 2. The minimum absolute atomic E-state index is 0.0112. The lowest BCUT2D eigenvalue weighted by Gasteiger charge is -2.09. The van der Waals surface area contributed by atoms with Crippen molar-refractivity contribution in [1.82, 2.24) is 9.72 Å². The Labute approximate surface area is 240 Å². The standard InChI is InChI=1S/C29H25ClN4O6S/c1-17-14-27(32-40-17)33-41(37,38)23-11-8-21(9-12-23)31-28(35)16-24-18(2)34(26-13-10-22(39-3)15-25(24)26)29(36)19-4-6-20(30)7-5-19/h4-15H,16H2,1-3H3,(H,31,35)(H,32,33). The fourth-order valence-electron chi connectivity index (χ4n) is 4.49. The highest BCUT2D eigenvalue weighted by Gasteiger charge is 2.22. The van der Waals surface area contributed by atoms with E-state index in [9.17, 15) is 18.0 Å². The molecule has 2 aromatic heterocycles. The molecule has 0 aliphatic carbocycles. The Morgan fingerprint density at radius 3 is 2.34 bits per heavy atom. The van der Waals surface area contributed by atoms with Crippen LogP contribution in [0.15, 0.2) is 82.2 Å². The summed E-state index contributed by atoms with van der Waals surface area (Å²) in [6, 6.07) is 19.1. The van der Waals surface area contributed by atoms with Crippen molar-refractivity contribution >= 4 is 55.8 Å². The number of ether oxygens (including phenoxy) is 1. The van der Waals surface area contributed by atoms with Crippen LogP contribution in [0.3, 0.4) is 0 Å². The van der Waals surface area contributed by atoms with Crippen molar-refractivity contribution < 1.29 is 27.3 Å². The van der Waals surface area contributed by atoms with Gasteiger partial charge in [0.25, 0.3) is 15.9 Å². The van der Waals surface area contributed by atoms with E-state index >= 15 is 0 Å². The van der Waals surface area contributed by atoms with Crippen LogP contribution in [0, 0.1) is 13.8 Å². The fraction of sp³-hybridized carbons (Fsp3) is 0.138. The quantitative estimate of drug-likeness (QED) is 0.240.